The van der Waals surface area contributed by atoms with Crippen LogP contribution in [0.2, 0.25) is 0 Å². The fourth-order valence-electron chi connectivity index (χ4n) is 4.07. The zero-order chi connectivity index (χ0) is 24.7. The maximum Gasteiger partial charge on any atom is 0.327 e. The smallest absolute Gasteiger partial charge is 0.327 e. The number of nitrogens with two attached hydrogens (primary N) is 1. The standard InChI is InChI=1S/C22H30N4O6S2/c23-15(9-13-3-5-14(27)6-4-13)18(28)25-16-10-33-34-11-17(20(30)31)26-21(32)22(7-1-2-8-22)12-24-19(16)29/h3-6,15-17,27H,1-2,7-12,23H2,(H,24,29)(H,25,28)(H,26,32)(H,30,31)/t15-,16?,17-/m0/s1. The van der Waals surface area contributed by atoms with E-state index in [1.807, 2.05) is 0 Å². The molecule has 2 aliphatic rings. The van der Waals surface area contributed by atoms with E-state index in [9.17, 15) is 29.4 Å². The number of phenols is 1. The monoisotopic (exact) mass is 510 g/mol. The Morgan fingerprint density at radius 3 is 2.44 bits per heavy atom. The van der Waals surface area contributed by atoms with Crippen molar-refractivity contribution in [1.82, 2.24) is 16.0 Å². The van der Waals surface area contributed by atoms with Gasteiger partial charge in [0.05, 0.1) is 11.5 Å². The van der Waals surface area contributed by atoms with Gasteiger partial charge >= 0.3 is 5.97 Å². The Bertz CT molecular complexity index is 907. The minimum absolute atomic E-state index is 0.0771. The van der Waals surface area contributed by atoms with Gasteiger partial charge in [-0.05, 0) is 37.0 Å². The van der Waals surface area contributed by atoms with Gasteiger partial charge in [-0.25, -0.2) is 4.79 Å². The molecule has 0 bridgehead atoms. The van der Waals surface area contributed by atoms with Crippen molar-refractivity contribution in [3.8, 4) is 5.75 Å². The second kappa shape index (κ2) is 11.8. The molecule has 1 aliphatic heterocycles. The largest absolute Gasteiger partial charge is 0.508 e. The summed E-state index contributed by atoms with van der Waals surface area (Å²) in [5, 5.41) is 27.1. The second-order valence-corrected chi connectivity index (χ2v) is 11.2. The highest BCUT2D eigenvalue weighted by molar-refractivity contribution is 8.76. The van der Waals surface area contributed by atoms with Gasteiger partial charge in [0.2, 0.25) is 17.7 Å². The fourth-order valence-corrected chi connectivity index (χ4v) is 6.39. The maximum atomic E-state index is 13.0. The lowest BCUT2D eigenvalue weighted by Crippen LogP contribution is -2.57. The average molecular weight is 511 g/mol. The molecule has 186 valence electrons. The average Bonchev–Trinajstić information content (AvgIpc) is 3.29. The van der Waals surface area contributed by atoms with E-state index in [1.165, 1.54) is 33.7 Å². The van der Waals surface area contributed by atoms with Gasteiger partial charge in [-0.2, -0.15) is 0 Å². The van der Waals surface area contributed by atoms with Crippen LogP contribution in [0.5, 0.6) is 5.75 Å². The summed E-state index contributed by atoms with van der Waals surface area (Å²) < 4.78 is 0. The molecular weight excluding hydrogens is 480 g/mol. The number of carboxylic acid groups (broad SMARTS) is 1. The Kier molecular flexibility index (Phi) is 9.09. The van der Waals surface area contributed by atoms with Crippen molar-refractivity contribution in [3.63, 3.8) is 0 Å². The van der Waals surface area contributed by atoms with E-state index in [4.69, 9.17) is 5.73 Å². The predicted molar refractivity (Wildman–Crippen MR) is 130 cm³/mol. The molecule has 3 amide bonds. The topological polar surface area (TPSA) is 171 Å². The molecule has 1 saturated carbocycles. The van der Waals surface area contributed by atoms with Crippen molar-refractivity contribution < 1.29 is 29.4 Å². The molecule has 1 heterocycles. The van der Waals surface area contributed by atoms with E-state index in [-0.39, 0.29) is 36.1 Å². The summed E-state index contributed by atoms with van der Waals surface area (Å²) in [4.78, 5) is 50.3. The molecule has 0 radical (unpaired) electrons. The SMILES string of the molecule is N[C@@H](Cc1ccc(O)cc1)C(=O)NC1CSSC[C@@H](C(=O)O)NC(=O)C2(CCCC2)CNC1=O. The van der Waals surface area contributed by atoms with Gasteiger partial charge in [0, 0.05) is 18.1 Å². The van der Waals surface area contributed by atoms with Crippen molar-refractivity contribution in [2.45, 2.75) is 50.2 Å². The molecule has 34 heavy (non-hydrogen) atoms. The Morgan fingerprint density at radius 1 is 1.15 bits per heavy atom. The maximum absolute atomic E-state index is 13.0. The van der Waals surface area contributed by atoms with Crippen molar-refractivity contribution in [2.75, 3.05) is 18.1 Å². The number of carboxylic acids is 1. The number of benzene rings is 1. The van der Waals surface area contributed by atoms with Crippen LogP contribution in [0.3, 0.4) is 0 Å². The number of phenolic OH excluding ortho intramolecular Hbond substituents is 1. The minimum atomic E-state index is -1.11. The van der Waals surface area contributed by atoms with Crippen molar-refractivity contribution >= 4 is 45.3 Å². The van der Waals surface area contributed by atoms with Crippen LogP contribution in [-0.2, 0) is 25.6 Å². The van der Waals surface area contributed by atoms with Gasteiger partial charge in [0.1, 0.15) is 17.8 Å². The van der Waals surface area contributed by atoms with Gasteiger partial charge in [-0.1, -0.05) is 46.6 Å². The Hall–Kier alpha value is -2.44. The zero-order valence-electron chi connectivity index (χ0n) is 18.6. The van der Waals surface area contributed by atoms with Crippen molar-refractivity contribution in [3.05, 3.63) is 29.8 Å². The predicted octanol–water partition coefficient (Wildman–Crippen LogP) is 0.388. The van der Waals surface area contributed by atoms with Gasteiger partial charge in [-0.3, -0.25) is 14.4 Å². The quantitative estimate of drug-likeness (QED) is 0.307. The van der Waals surface area contributed by atoms with Crippen LogP contribution in [0.4, 0.5) is 0 Å². The first-order chi connectivity index (χ1) is 16.2. The molecule has 1 spiro atoms. The molecule has 1 saturated heterocycles. The van der Waals surface area contributed by atoms with E-state index in [2.05, 4.69) is 16.0 Å². The van der Waals surface area contributed by atoms with Gasteiger partial charge in [0.25, 0.3) is 0 Å². The van der Waals surface area contributed by atoms with E-state index < -0.39 is 41.3 Å². The normalized spacial score (nSPS) is 24.3. The Balaban J connectivity index is 1.69. The van der Waals surface area contributed by atoms with E-state index in [0.29, 0.717) is 12.8 Å². The summed E-state index contributed by atoms with van der Waals surface area (Å²) in [5.74, 6) is -1.93. The first kappa shape index (κ1) is 26.2. The van der Waals surface area contributed by atoms with Crippen LogP contribution in [-0.4, -0.2) is 70.1 Å². The molecule has 1 aromatic rings. The number of aliphatic carboxylic acids is 1. The molecule has 0 aromatic heterocycles. The fraction of sp³-hybridized carbons (Fsp3) is 0.545. The first-order valence-corrected chi connectivity index (χ1v) is 13.6. The van der Waals surface area contributed by atoms with Crippen LogP contribution < -0.4 is 21.7 Å². The third kappa shape index (κ3) is 6.80. The van der Waals surface area contributed by atoms with Gasteiger partial charge in [0.15, 0.2) is 0 Å². The summed E-state index contributed by atoms with van der Waals surface area (Å²) in [6.45, 7) is 0.0771. The number of rotatable bonds is 5. The summed E-state index contributed by atoms with van der Waals surface area (Å²) in [7, 11) is 2.46. The highest BCUT2D eigenvalue weighted by atomic mass is 33.1. The lowest BCUT2D eigenvalue weighted by atomic mass is 9.84. The minimum Gasteiger partial charge on any atom is -0.508 e. The number of hydrogen-bond donors (Lipinski definition) is 6. The van der Waals surface area contributed by atoms with Crippen LogP contribution in [0.25, 0.3) is 0 Å². The third-order valence-electron chi connectivity index (χ3n) is 6.16. The third-order valence-corrected chi connectivity index (χ3v) is 8.58. The number of hydrogen-bond acceptors (Lipinski definition) is 8. The second-order valence-electron chi connectivity index (χ2n) is 8.68. The number of carbonyl (C=O) groups is 4. The number of amides is 3. The molecule has 1 aromatic carbocycles. The van der Waals surface area contributed by atoms with E-state index >= 15 is 0 Å². The Labute approximate surface area is 205 Å². The molecule has 3 rings (SSSR count). The summed E-state index contributed by atoms with van der Waals surface area (Å²) >= 11 is 0. The van der Waals surface area contributed by atoms with Gasteiger partial charge in [-0.15, -0.1) is 0 Å². The van der Waals surface area contributed by atoms with Crippen LogP contribution in [0.15, 0.2) is 24.3 Å². The number of nitrogens with one attached hydrogen (secondary N) is 3. The summed E-state index contributed by atoms with van der Waals surface area (Å²) in [6, 6.07) is 3.52. The first-order valence-electron chi connectivity index (χ1n) is 11.1. The highest BCUT2D eigenvalue weighted by Gasteiger charge is 2.43. The van der Waals surface area contributed by atoms with E-state index in [0.717, 1.165) is 18.4 Å². The molecule has 10 nitrogen and oxygen atoms in total. The molecule has 7 N–H and O–H groups in total. The van der Waals surface area contributed by atoms with Crippen LogP contribution >= 0.6 is 21.6 Å². The molecule has 2 fully saturated rings. The van der Waals surface area contributed by atoms with E-state index in [1.54, 1.807) is 12.1 Å². The molecule has 3 atom stereocenters. The molecule has 1 aliphatic carbocycles. The number of carbonyl (C=O) groups excluding carboxylic acids is 3. The van der Waals surface area contributed by atoms with Crippen molar-refractivity contribution in [1.29, 1.82) is 0 Å². The lowest BCUT2D eigenvalue weighted by Gasteiger charge is -2.31. The van der Waals surface area contributed by atoms with Crippen LogP contribution in [0.1, 0.15) is 31.2 Å². The highest BCUT2D eigenvalue weighted by Crippen LogP contribution is 2.38. The zero-order valence-corrected chi connectivity index (χ0v) is 20.3. The summed E-state index contributed by atoms with van der Waals surface area (Å²) in [5.41, 5.74) is 5.96. The van der Waals surface area contributed by atoms with Gasteiger partial charge < -0.3 is 31.9 Å². The summed E-state index contributed by atoms with van der Waals surface area (Å²) in [6.07, 6.45) is 2.98. The van der Waals surface area contributed by atoms with Crippen molar-refractivity contribution in [2.24, 2.45) is 11.1 Å². The lowest BCUT2D eigenvalue weighted by molar-refractivity contribution is -0.143. The molecule has 1 unspecified atom stereocenters. The molecular formula is C22H30N4O6S2. The molecule has 12 heteroatoms. The Morgan fingerprint density at radius 2 is 1.79 bits per heavy atom. The number of aromatic hydroxyl groups is 1. The van der Waals surface area contributed by atoms with Crippen LogP contribution in [0, 0.1) is 5.41 Å².